The van der Waals surface area contributed by atoms with Crippen LogP contribution in [-0.2, 0) is 13.0 Å². The molecule has 2 aromatic heterocycles. The highest BCUT2D eigenvalue weighted by Gasteiger charge is 2.19. The molecular weight excluding hydrogens is 378 g/mol. The van der Waals surface area contributed by atoms with Crippen LogP contribution in [0.1, 0.15) is 33.6 Å². The minimum Gasteiger partial charge on any atom is -0.390 e. The van der Waals surface area contributed by atoms with E-state index < -0.39 is 18.4 Å². The van der Waals surface area contributed by atoms with Crippen molar-refractivity contribution in [1.82, 2.24) is 19.6 Å². The molecule has 1 atom stereocenters. The van der Waals surface area contributed by atoms with Gasteiger partial charge in [0.15, 0.2) is 0 Å². The van der Waals surface area contributed by atoms with Crippen LogP contribution < -0.4 is 5.32 Å². The molecule has 0 saturated carbocycles. The predicted octanol–water partition coefficient (Wildman–Crippen LogP) is 2.42. The van der Waals surface area contributed by atoms with Crippen LogP contribution in [0, 0.1) is 0 Å². The largest absolute Gasteiger partial charge is 0.390 e. The van der Waals surface area contributed by atoms with Crippen molar-refractivity contribution in [2.24, 2.45) is 0 Å². The third kappa shape index (κ3) is 4.44. The molecule has 8 heteroatoms. The number of hydrogen-bond donors (Lipinski definition) is 2. The minimum absolute atomic E-state index is 0.0904. The number of halogens is 2. The standard InChI is InChI=1S/C21H22F2N4O2/c22-20(23)16-5-6-19-25-18(13-27(19)11-16)21(29)24-9-17(28)12-26-8-7-14-3-1-2-4-15(14)10-26/h1-6,11,13,17,20,28H,7-10,12H2,(H,24,29). The third-order valence-electron chi connectivity index (χ3n) is 5.14. The van der Waals surface area contributed by atoms with Crippen LogP contribution in [0.3, 0.4) is 0 Å². The second kappa shape index (κ2) is 8.26. The van der Waals surface area contributed by atoms with E-state index in [9.17, 15) is 18.7 Å². The highest BCUT2D eigenvalue weighted by Crippen LogP contribution is 2.20. The van der Waals surface area contributed by atoms with Gasteiger partial charge < -0.3 is 14.8 Å². The summed E-state index contributed by atoms with van der Waals surface area (Å²) in [5, 5.41) is 13.0. The Labute approximate surface area is 166 Å². The fraction of sp³-hybridized carbons (Fsp3) is 0.333. The summed E-state index contributed by atoms with van der Waals surface area (Å²) in [4.78, 5) is 18.6. The van der Waals surface area contributed by atoms with E-state index in [1.54, 1.807) is 0 Å². The highest BCUT2D eigenvalue weighted by atomic mass is 19.3. The number of nitrogens with one attached hydrogen (secondary N) is 1. The Morgan fingerprint density at radius 3 is 2.76 bits per heavy atom. The lowest BCUT2D eigenvalue weighted by Gasteiger charge is -2.30. The SMILES string of the molecule is O=C(NCC(O)CN1CCc2ccccc2C1)c1cn2cc(C(F)F)ccc2n1. The van der Waals surface area contributed by atoms with Crippen LogP contribution in [-0.4, -0.2) is 51.0 Å². The van der Waals surface area contributed by atoms with Gasteiger partial charge in [-0.15, -0.1) is 0 Å². The first-order valence-electron chi connectivity index (χ1n) is 9.52. The second-order valence-electron chi connectivity index (χ2n) is 7.27. The van der Waals surface area contributed by atoms with Crippen molar-refractivity contribution < 1.29 is 18.7 Å². The zero-order valence-corrected chi connectivity index (χ0v) is 15.8. The van der Waals surface area contributed by atoms with E-state index in [-0.39, 0.29) is 17.8 Å². The number of nitrogens with zero attached hydrogens (tertiary/aromatic N) is 3. The smallest absolute Gasteiger partial charge is 0.271 e. The molecule has 1 aliphatic rings. The molecule has 0 spiro atoms. The maximum atomic E-state index is 12.8. The Morgan fingerprint density at radius 2 is 1.97 bits per heavy atom. The number of alkyl halides is 2. The number of carbonyl (C=O) groups is 1. The van der Waals surface area contributed by atoms with Gasteiger partial charge >= 0.3 is 0 Å². The van der Waals surface area contributed by atoms with Crippen molar-refractivity contribution in [2.75, 3.05) is 19.6 Å². The molecule has 0 aliphatic carbocycles. The van der Waals surface area contributed by atoms with Gasteiger partial charge in [0.2, 0.25) is 0 Å². The Bertz CT molecular complexity index is 1020. The molecule has 1 unspecified atom stereocenters. The van der Waals surface area contributed by atoms with Crippen molar-refractivity contribution in [3.63, 3.8) is 0 Å². The Kier molecular flexibility index (Phi) is 5.55. The van der Waals surface area contributed by atoms with Crippen LogP contribution in [0.25, 0.3) is 5.65 Å². The molecule has 2 N–H and O–H groups in total. The van der Waals surface area contributed by atoms with Gasteiger partial charge in [0.05, 0.1) is 6.10 Å². The molecule has 6 nitrogen and oxygen atoms in total. The van der Waals surface area contributed by atoms with E-state index in [4.69, 9.17) is 0 Å². The summed E-state index contributed by atoms with van der Waals surface area (Å²) in [6.45, 7) is 2.19. The molecule has 3 aromatic rings. The number of aliphatic hydroxyl groups is 1. The number of aliphatic hydroxyl groups excluding tert-OH is 1. The van der Waals surface area contributed by atoms with Gasteiger partial charge in [-0.25, -0.2) is 13.8 Å². The minimum atomic E-state index is -2.59. The van der Waals surface area contributed by atoms with Crippen LogP contribution in [0.4, 0.5) is 8.78 Å². The van der Waals surface area contributed by atoms with E-state index in [0.717, 1.165) is 19.5 Å². The second-order valence-corrected chi connectivity index (χ2v) is 7.27. The topological polar surface area (TPSA) is 69.9 Å². The number of aromatic nitrogens is 2. The number of β-amino-alcohol motifs (C(OH)–C–C–N with tert-alkyl or cyclic N) is 1. The van der Waals surface area contributed by atoms with Crippen molar-refractivity contribution in [1.29, 1.82) is 0 Å². The van der Waals surface area contributed by atoms with E-state index in [1.807, 2.05) is 12.1 Å². The number of imidazole rings is 1. The van der Waals surface area contributed by atoms with Crippen LogP contribution >= 0.6 is 0 Å². The molecular formula is C21H22F2N4O2. The van der Waals surface area contributed by atoms with Crippen LogP contribution in [0.5, 0.6) is 0 Å². The van der Waals surface area contributed by atoms with Gasteiger partial charge in [-0.3, -0.25) is 9.69 Å². The summed E-state index contributed by atoms with van der Waals surface area (Å²) in [5.74, 6) is -0.449. The van der Waals surface area contributed by atoms with E-state index in [1.165, 1.54) is 40.1 Å². The number of carbonyl (C=O) groups excluding carboxylic acids is 1. The maximum absolute atomic E-state index is 12.8. The maximum Gasteiger partial charge on any atom is 0.271 e. The Hall–Kier alpha value is -2.84. The fourth-order valence-corrected chi connectivity index (χ4v) is 3.62. The molecule has 0 bridgehead atoms. The fourth-order valence-electron chi connectivity index (χ4n) is 3.62. The molecule has 0 saturated heterocycles. The monoisotopic (exact) mass is 400 g/mol. The summed E-state index contributed by atoms with van der Waals surface area (Å²) in [6, 6.07) is 11.0. The normalized spacial score (nSPS) is 15.4. The molecule has 152 valence electrons. The molecule has 3 heterocycles. The first-order valence-corrected chi connectivity index (χ1v) is 9.52. The Balaban J connectivity index is 1.32. The van der Waals surface area contributed by atoms with Crippen molar-refractivity contribution in [3.05, 3.63) is 71.2 Å². The molecule has 4 rings (SSSR count). The van der Waals surface area contributed by atoms with E-state index >= 15 is 0 Å². The number of fused-ring (bicyclic) bond motifs is 2. The molecule has 1 aromatic carbocycles. The van der Waals surface area contributed by atoms with Gasteiger partial charge in [-0.05, 0) is 29.7 Å². The molecule has 1 amide bonds. The summed E-state index contributed by atoms with van der Waals surface area (Å²) < 4.78 is 27.0. The predicted molar refractivity (Wildman–Crippen MR) is 104 cm³/mol. The summed E-state index contributed by atoms with van der Waals surface area (Å²) in [6.07, 6.45) is 0.302. The van der Waals surface area contributed by atoms with Gasteiger partial charge in [0.1, 0.15) is 11.3 Å². The van der Waals surface area contributed by atoms with Crippen molar-refractivity contribution >= 4 is 11.6 Å². The van der Waals surface area contributed by atoms with E-state index in [0.29, 0.717) is 12.2 Å². The van der Waals surface area contributed by atoms with Gasteiger partial charge in [-0.2, -0.15) is 0 Å². The quantitative estimate of drug-likeness (QED) is 0.667. The molecule has 1 aliphatic heterocycles. The van der Waals surface area contributed by atoms with Gasteiger partial charge in [0, 0.05) is 44.1 Å². The first-order chi connectivity index (χ1) is 14.0. The number of hydrogen-bond acceptors (Lipinski definition) is 4. The zero-order chi connectivity index (χ0) is 20.4. The van der Waals surface area contributed by atoms with Crippen molar-refractivity contribution in [3.8, 4) is 0 Å². The molecule has 0 fully saturated rings. The lowest BCUT2D eigenvalue weighted by Crippen LogP contribution is -2.42. The lowest BCUT2D eigenvalue weighted by molar-refractivity contribution is 0.0838. The number of benzene rings is 1. The summed E-state index contributed by atoms with van der Waals surface area (Å²) in [5.41, 5.74) is 3.00. The third-order valence-corrected chi connectivity index (χ3v) is 5.14. The number of pyridine rings is 1. The van der Waals surface area contributed by atoms with E-state index in [2.05, 4.69) is 27.3 Å². The first kappa shape index (κ1) is 19.5. The van der Waals surface area contributed by atoms with Gasteiger partial charge in [-0.1, -0.05) is 24.3 Å². The lowest BCUT2D eigenvalue weighted by atomic mass is 10.00. The number of rotatable bonds is 6. The summed E-state index contributed by atoms with van der Waals surface area (Å²) >= 11 is 0. The van der Waals surface area contributed by atoms with Crippen molar-refractivity contribution in [2.45, 2.75) is 25.5 Å². The van der Waals surface area contributed by atoms with Gasteiger partial charge in [0.25, 0.3) is 12.3 Å². The highest BCUT2D eigenvalue weighted by molar-refractivity contribution is 5.92. The zero-order valence-electron chi connectivity index (χ0n) is 15.8. The summed E-state index contributed by atoms with van der Waals surface area (Å²) in [7, 11) is 0. The Morgan fingerprint density at radius 1 is 1.17 bits per heavy atom. The molecule has 0 radical (unpaired) electrons. The average molecular weight is 400 g/mol. The van der Waals surface area contributed by atoms with Crippen LogP contribution in [0.15, 0.2) is 48.8 Å². The molecule has 29 heavy (non-hydrogen) atoms. The number of amides is 1. The average Bonchev–Trinajstić information content (AvgIpc) is 3.15. The van der Waals surface area contributed by atoms with Crippen LogP contribution in [0.2, 0.25) is 0 Å².